The summed E-state index contributed by atoms with van der Waals surface area (Å²) < 4.78 is 10.8. The molecule has 20 heavy (non-hydrogen) atoms. The number of hydrogen-bond donors (Lipinski definition) is 0. The van der Waals surface area contributed by atoms with Crippen molar-refractivity contribution in [1.29, 1.82) is 0 Å². The Labute approximate surface area is 116 Å². The maximum Gasteiger partial charge on any atom is 0.338 e. The zero-order chi connectivity index (χ0) is 14.3. The number of rotatable bonds is 2. The number of hydrogen-bond acceptors (Lipinski definition) is 4. The molecule has 0 bridgehead atoms. The van der Waals surface area contributed by atoms with Gasteiger partial charge in [0.25, 0.3) is 0 Å². The maximum atomic E-state index is 11.8. The first-order valence-electron chi connectivity index (χ1n) is 6.57. The highest BCUT2D eigenvalue weighted by molar-refractivity contribution is 6.06. The van der Waals surface area contributed by atoms with Crippen molar-refractivity contribution >= 4 is 27.8 Å². The maximum absolute atomic E-state index is 11.8. The van der Waals surface area contributed by atoms with Crippen LogP contribution in [-0.2, 0) is 4.74 Å². The minimum absolute atomic E-state index is 0.327. The molecule has 0 radical (unpaired) electrons. The van der Waals surface area contributed by atoms with E-state index >= 15 is 0 Å². The van der Waals surface area contributed by atoms with Crippen molar-refractivity contribution < 1.29 is 13.9 Å². The summed E-state index contributed by atoms with van der Waals surface area (Å²) in [5.74, 6) is 0.505. The zero-order valence-electron chi connectivity index (χ0n) is 11.7. The van der Waals surface area contributed by atoms with Crippen LogP contribution in [0.4, 0.5) is 0 Å². The average Bonchev–Trinajstić information content (AvgIpc) is 2.81. The van der Waals surface area contributed by atoms with E-state index in [1.54, 1.807) is 19.1 Å². The lowest BCUT2D eigenvalue weighted by Crippen LogP contribution is -2.04. The number of aromatic nitrogens is 1. The van der Waals surface area contributed by atoms with Crippen molar-refractivity contribution in [2.24, 2.45) is 0 Å². The van der Waals surface area contributed by atoms with Crippen LogP contribution in [0.5, 0.6) is 0 Å². The number of fused-ring (bicyclic) bond motifs is 3. The summed E-state index contributed by atoms with van der Waals surface area (Å²) in [6.07, 6.45) is 0. The molecule has 0 aliphatic carbocycles. The van der Waals surface area contributed by atoms with Crippen molar-refractivity contribution in [2.45, 2.75) is 20.8 Å². The highest BCUT2D eigenvalue weighted by atomic mass is 16.5. The lowest BCUT2D eigenvalue weighted by atomic mass is 10.1. The van der Waals surface area contributed by atoms with E-state index in [0.29, 0.717) is 12.2 Å². The molecule has 4 heteroatoms. The van der Waals surface area contributed by atoms with Gasteiger partial charge in [-0.2, -0.15) is 0 Å². The topological polar surface area (TPSA) is 52.3 Å². The number of pyridine rings is 1. The molecule has 3 rings (SSSR count). The van der Waals surface area contributed by atoms with Crippen LogP contribution in [0.15, 0.2) is 28.7 Å². The van der Waals surface area contributed by atoms with E-state index in [2.05, 4.69) is 4.98 Å². The van der Waals surface area contributed by atoms with E-state index in [1.807, 2.05) is 26.0 Å². The first-order chi connectivity index (χ1) is 9.60. The molecule has 2 aromatic heterocycles. The van der Waals surface area contributed by atoms with Crippen LogP contribution in [0.2, 0.25) is 0 Å². The van der Waals surface area contributed by atoms with Gasteiger partial charge < -0.3 is 9.15 Å². The number of benzene rings is 1. The van der Waals surface area contributed by atoms with Gasteiger partial charge in [0.2, 0.25) is 0 Å². The number of ether oxygens (including phenoxy) is 1. The van der Waals surface area contributed by atoms with Crippen LogP contribution in [0.1, 0.15) is 28.7 Å². The average molecular weight is 269 g/mol. The van der Waals surface area contributed by atoms with Gasteiger partial charge in [0.15, 0.2) is 0 Å². The van der Waals surface area contributed by atoms with Crippen LogP contribution < -0.4 is 0 Å². The molecular formula is C16H15NO3. The predicted octanol–water partition coefficient (Wildman–Crippen LogP) is 3.77. The Bertz CT molecular complexity index is 817. The van der Waals surface area contributed by atoms with Gasteiger partial charge in [0, 0.05) is 16.5 Å². The monoisotopic (exact) mass is 269 g/mol. The van der Waals surface area contributed by atoms with Gasteiger partial charge >= 0.3 is 5.97 Å². The van der Waals surface area contributed by atoms with Gasteiger partial charge in [-0.25, -0.2) is 4.79 Å². The van der Waals surface area contributed by atoms with Crippen molar-refractivity contribution in [1.82, 2.24) is 4.98 Å². The lowest BCUT2D eigenvalue weighted by molar-refractivity contribution is 0.0526. The quantitative estimate of drug-likeness (QED) is 0.664. The Hall–Kier alpha value is -2.36. The third kappa shape index (κ3) is 1.93. The fourth-order valence-corrected chi connectivity index (χ4v) is 2.38. The molecule has 0 amide bonds. The number of nitrogens with zero attached hydrogens (tertiary/aromatic N) is 1. The van der Waals surface area contributed by atoms with Crippen molar-refractivity contribution in [3.63, 3.8) is 0 Å². The predicted molar refractivity (Wildman–Crippen MR) is 76.9 cm³/mol. The summed E-state index contributed by atoms with van der Waals surface area (Å²) in [5, 5.41) is 1.82. The third-order valence-electron chi connectivity index (χ3n) is 3.29. The molecule has 0 spiro atoms. The Kier molecular flexibility index (Phi) is 2.93. The molecule has 0 unspecified atom stereocenters. The molecule has 102 valence electrons. The molecule has 0 saturated heterocycles. The van der Waals surface area contributed by atoms with Gasteiger partial charge in [0.05, 0.1) is 17.7 Å². The fraction of sp³-hybridized carbons (Fsp3) is 0.250. The Morgan fingerprint density at radius 1 is 1.25 bits per heavy atom. The molecule has 0 fully saturated rings. The largest absolute Gasteiger partial charge is 0.462 e. The van der Waals surface area contributed by atoms with Crippen molar-refractivity contribution in [2.75, 3.05) is 6.61 Å². The Morgan fingerprint density at radius 2 is 2.05 bits per heavy atom. The van der Waals surface area contributed by atoms with Crippen molar-refractivity contribution in [3.05, 3.63) is 41.3 Å². The van der Waals surface area contributed by atoms with Gasteiger partial charge in [-0.15, -0.1) is 0 Å². The Morgan fingerprint density at radius 3 is 2.80 bits per heavy atom. The van der Waals surface area contributed by atoms with Gasteiger partial charge in [-0.3, -0.25) is 4.98 Å². The number of furan rings is 1. The van der Waals surface area contributed by atoms with Crippen LogP contribution >= 0.6 is 0 Å². The lowest BCUT2D eigenvalue weighted by Gasteiger charge is -2.05. The van der Waals surface area contributed by atoms with E-state index in [4.69, 9.17) is 9.15 Å². The third-order valence-corrected chi connectivity index (χ3v) is 3.29. The van der Waals surface area contributed by atoms with E-state index in [1.165, 1.54) is 0 Å². The van der Waals surface area contributed by atoms with Crippen LogP contribution in [0.3, 0.4) is 0 Å². The molecular weight excluding hydrogens is 254 g/mol. The second-order valence-corrected chi connectivity index (χ2v) is 4.75. The number of carbonyl (C=O) groups is 1. The van der Waals surface area contributed by atoms with Gasteiger partial charge in [0.1, 0.15) is 11.3 Å². The molecule has 1 aromatic carbocycles. The Balaban J connectivity index is 2.29. The molecule has 2 heterocycles. The normalized spacial score (nSPS) is 11.2. The fourth-order valence-electron chi connectivity index (χ4n) is 2.38. The molecule has 0 aliphatic heterocycles. The van der Waals surface area contributed by atoms with E-state index in [-0.39, 0.29) is 5.97 Å². The minimum Gasteiger partial charge on any atom is -0.462 e. The second-order valence-electron chi connectivity index (χ2n) is 4.75. The first-order valence-corrected chi connectivity index (χ1v) is 6.57. The van der Waals surface area contributed by atoms with Crippen LogP contribution in [0, 0.1) is 13.8 Å². The summed E-state index contributed by atoms with van der Waals surface area (Å²) in [5.41, 5.74) is 3.03. The molecule has 4 nitrogen and oxygen atoms in total. The number of aryl methyl sites for hydroxylation is 2. The first kappa shape index (κ1) is 12.7. The molecule has 0 atom stereocenters. The van der Waals surface area contributed by atoms with Crippen molar-refractivity contribution in [3.8, 4) is 0 Å². The summed E-state index contributed by atoms with van der Waals surface area (Å²) >= 11 is 0. The summed E-state index contributed by atoms with van der Waals surface area (Å²) in [6, 6.07) is 7.31. The van der Waals surface area contributed by atoms with Gasteiger partial charge in [-0.05, 0) is 45.0 Å². The minimum atomic E-state index is -0.327. The zero-order valence-corrected chi connectivity index (χ0v) is 11.7. The van der Waals surface area contributed by atoms with Crippen LogP contribution in [0.25, 0.3) is 21.9 Å². The standard InChI is InChI=1S/C16H15NO3/c1-4-19-16(18)11-5-6-14-13(8-11)15-12(10(3)17-14)7-9(2)20-15/h5-8H,4H2,1-3H3. The highest BCUT2D eigenvalue weighted by Crippen LogP contribution is 2.29. The smallest absolute Gasteiger partial charge is 0.338 e. The number of carbonyl (C=O) groups excluding carboxylic acids is 1. The molecule has 0 aliphatic rings. The summed E-state index contributed by atoms with van der Waals surface area (Å²) in [4.78, 5) is 16.4. The highest BCUT2D eigenvalue weighted by Gasteiger charge is 2.13. The number of esters is 1. The van der Waals surface area contributed by atoms with E-state index < -0.39 is 0 Å². The molecule has 3 aromatic rings. The summed E-state index contributed by atoms with van der Waals surface area (Å²) in [7, 11) is 0. The second kappa shape index (κ2) is 4.63. The SMILES string of the molecule is CCOC(=O)c1ccc2nc(C)c3cc(C)oc3c2c1. The molecule has 0 N–H and O–H groups in total. The van der Waals surface area contributed by atoms with E-state index in [0.717, 1.165) is 33.3 Å². The van der Waals surface area contributed by atoms with Gasteiger partial charge in [-0.1, -0.05) is 0 Å². The van der Waals surface area contributed by atoms with Crippen LogP contribution in [-0.4, -0.2) is 17.6 Å². The molecule has 0 saturated carbocycles. The summed E-state index contributed by atoms with van der Waals surface area (Å²) in [6.45, 7) is 6.01. The van der Waals surface area contributed by atoms with E-state index in [9.17, 15) is 4.79 Å².